The zero-order valence-electron chi connectivity index (χ0n) is 12.8. The van der Waals surface area contributed by atoms with Gasteiger partial charge in [-0.2, -0.15) is 0 Å². The van der Waals surface area contributed by atoms with Crippen LogP contribution in [-0.4, -0.2) is 17.6 Å². The van der Waals surface area contributed by atoms with E-state index in [0.717, 1.165) is 31.7 Å². The fourth-order valence-corrected chi connectivity index (χ4v) is 2.99. The van der Waals surface area contributed by atoms with E-state index in [1.807, 2.05) is 6.20 Å². The zero-order valence-corrected chi connectivity index (χ0v) is 12.8. The van der Waals surface area contributed by atoms with Gasteiger partial charge in [0.1, 0.15) is 5.82 Å². The third kappa shape index (κ3) is 3.02. The van der Waals surface area contributed by atoms with E-state index in [-0.39, 0.29) is 0 Å². The van der Waals surface area contributed by atoms with Crippen LogP contribution in [0.5, 0.6) is 0 Å². The lowest BCUT2D eigenvalue weighted by Gasteiger charge is -2.25. The fraction of sp³-hybridized carbons (Fsp3) is 0.389. The number of benzene rings is 1. The van der Waals surface area contributed by atoms with Crippen LogP contribution >= 0.6 is 0 Å². The number of hydrogen-bond donors (Lipinski definition) is 1. The van der Waals surface area contributed by atoms with Gasteiger partial charge in [-0.05, 0) is 49.1 Å². The second-order valence-corrected chi connectivity index (χ2v) is 5.79. The minimum Gasteiger partial charge on any atom is -0.370 e. The molecule has 1 aromatic heterocycles. The van der Waals surface area contributed by atoms with Gasteiger partial charge in [-0.15, -0.1) is 0 Å². The second-order valence-electron chi connectivity index (χ2n) is 5.79. The average molecular weight is 281 g/mol. The maximum Gasteiger partial charge on any atom is 0.126 e. The van der Waals surface area contributed by atoms with Gasteiger partial charge in [0, 0.05) is 31.0 Å². The highest BCUT2D eigenvalue weighted by molar-refractivity contribution is 5.59. The van der Waals surface area contributed by atoms with Gasteiger partial charge in [0.05, 0.1) is 0 Å². The minimum absolute atomic E-state index is 0.558. The number of nitrogens with one attached hydrogen (secondary N) is 1. The number of anilines is 2. The lowest BCUT2D eigenvalue weighted by Crippen LogP contribution is -2.28. The Hall–Kier alpha value is -2.03. The van der Waals surface area contributed by atoms with Gasteiger partial charge in [0.25, 0.3) is 0 Å². The first-order valence-electron chi connectivity index (χ1n) is 7.81. The van der Waals surface area contributed by atoms with Crippen LogP contribution in [0.4, 0.5) is 11.5 Å². The van der Waals surface area contributed by atoms with Crippen molar-refractivity contribution in [3.05, 3.63) is 53.7 Å². The molecule has 0 fully saturated rings. The zero-order chi connectivity index (χ0) is 14.7. The number of aromatic nitrogens is 1. The molecule has 2 heterocycles. The molecule has 1 atom stereocenters. The summed E-state index contributed by atoms with van der Waals surface area (Å²) >= 11 is 0. The highest BCUT2D eigenvalue weighted by atomic mass is 15.2. The quantitative estimate of drug-likeness (QED) is 0.902. The molecule has 3 heteroatoms. The van der Waals surface area contributed by atoms with Crippen molar-refractivity contribution < 1.29 is 0 Å². The van der Waals surface area contributed by atoms with Gasteiger partial charge in [0.15, 0.2) is 0 Å². The Kier molecular flexibility index (Phi) is 4.09. The minimum atomic E-state index is 0.558. The first-order chi connectivity index (χ1) is 10.3. The van der Waals surface area contributed by atoms with Crippen molar-refractivity contribution in [2.75, 3.05) is 16.8 Å². The number of rotatable bonds is 5. The lowest BCUT2D eigenvalue weighted by atomic mass is 10.1. The first-order valence-corrected chi connectivity index (χ1v) is 7.81. The van der Waals surface area contributed by atoms with Crippen molar-refractivity contribution in [3.63, 3.8) is 0 Å². The Balaban J connectivity index is 1.77. The molecule has 0 saturated heterocycles. The molecule has 1 aliphatic rings. The highest BCUT2D eigenvalue weighted by Crippen LogP contribution is 2.33. The molecule has 1 unspecified atom stereocenters. The molecule has 1 N–H and O–H groups in total. The molecule has 110 valence electrons. The van der Waals surface area contributed by atoms with Gasteiger partial charge in [0.2, 0.25) is 0 Å². The molecule has 0 saturated carbocycles. The van der Waals surface area contributed by atoms with Crippen molar-refractivity contribution in [1.82, 2.24) is 4.98 Å². The van der Waals surface area contributed by atoms with E-state index in [1.54, 1.807) is 0 Å². The highest BCUT2D eigenvalue weighted by Gasteiger charge is 2.25. The van der Waals surface area contributed by atoms with E-state index in [2.05, 4.69) is 65.4 Å². The summed E-state index contributed by atoms with van der Waals surface area (Å²) in [4.78, 5) is 6.88. The average Bonchev–Trinajstić information content (AvgIpc) is 2.82. The molecule has 0 amide bonds. The normalized spacial score (nSPS) is 16.9. The number of pyridine rings is 1. The summed E-state index contributed by atoms with van der Waals surface area (Å²) in [5.74, 6) is 0.981. The van der Waals surface area contributed by atoms with Crippen LogP contribution in [0.2, 0.25) is 0 Å². The Morgan fingerprint density at radius 1 is 1.29 bits per heavy atom. The van der Waals surface area contributed by atoms with Crippen molar-refractivity contribution in [2.24, 2.45) is 0 Å². The lowest BCUT2D eigenvalue weighted by molar-refractivity contribution is 0.672. The molecular weight excluding hydrogens is 258 g/mol. The SMILES string of the molecule is CCCNc1cc(CN2c3ccccc3CC2C)ccn1. The Labute approximate surface area is 127 Å². The summed E-state index contributed by atoms with van der Waals surface area (Å²) < 4.78 is 0. The monoisotopic (exact) mass is 281 g/mol. The smallest absolute Gasteiger partial charge is 0.126 e. The van der Waals surface area contributed by atoms with E-state index < -0.39 is 0 Å². The molecular formula is C18H23N3. The van der Waals surface area contributed by atoms with Crippen LogP contribution in [0.15, 0.2) is 42.6 Å². The summed E-state index contributed by atoms with van der Waals surface area (Å²) in [7, 11) is 0. The fourth-order valence-electron chi connectivity index (χ4n) is 2.99. The van der Waals surface area contributed by atoms with Crippen LogP contribution in [0.1, 0.15) is 31.4 Å². The molecule has 0 spiro atoms. The second kappa shape index (κ2) is 6.17. The van der Waals surface area contributed by atoms with Crippen molar-refractivity contribution in [3.8, 4) is 0 Å². The van der Waals surface area contributed by atoms with E-state index in [4.69, 9.17) is 0 Å². The largest absolute Gasteiger partial charge is 0.370 e. The molecule has 21 heavy (non-hydrogen) atoms. The molecule has 1 aliphatic heterocycles. The maximum atomic E-state index is 4.39. The number of hydrogen-bond acceptors (Lipinski definition) is 3. The summed E-state index contributed by atoms with van der Waals surface area (Å²) in [6.45, 7) is 6.39. The maximum absolute atomic E-state index is 4.39. The molecule has 0 radical (unpaired) electrons. The Morgan fingerprint density at radius 2 is 2.14 bits per heavy atom. The van der Waals surface area contributed by atoms with Gasteiger partial charge in [-0.3, -0.25) is 0 Å². The van der Waals surface area contributed by atoms with Crippen LogP contribution in [0.3, 0.4) is 0 Å². The summed E-state index contributed by atoms with van der Waals surface area (Å²) in [6, 6.07) is 13.6. The number of fused-ring (bicyclic) bond motifs is 1. The number of nitrogens with zero attached hydrogens (tertiary/aromatic N) is 2. The van der Waals surface area contributed by atoms with Gasteiger partial charge >= 0.3 is 0 Å². The standard InChI is InChI=1S/C18H23N3/c1-3-9-19-18-12-15(8-10-20-18)13-21-14(2)11-16-6-4-5-7-17(16)21/h4-8,10,12,14H,3,9,11,13H2,1-2H3,(H,19,20). The first kappa shape index (κ1) is 13.9. The molecule has 2 aromatic rings. The third-order valence-electron chi connectivity index (χ3n) is 4.08. The van der Waals surface area contributed by atoms with E-state index in [0.29, 0.717) is 6.04 Å². The van der Waals surface area contributed by atoms with E-state index in [9.17, 15) is 0 Å². The predicted molar refractivity (Wildman–Crippen MR) is 88.8 cm³/mol. The van der Waals surface area contributed by atoms with Crippen LogP contribution in [0, 0.1) is 0 Å². The topological polar surface area (TPSA) is 28.2 Å². The van der Waals surface area contributed by atoms with Crippen LogP contribution < -0.4 is 10.2 Å². The Morgan fingerprint density at radius 3 is 3.00 bits per heavy atom. The van der Waals surface area contributed by atoms with Gasteiger partial charge < -0.3 is 10.2 Å². The molecule has 0 bridgehead atoms. The van der Waals surface area contributed by atoms with E-state index >= 15 is 0 Å². The van der Waals surface area contributed by atoms with Gasteiger partial charge in [-0.1, -0.05) is 25.1 Å². The predicted octanol–water partition coefficient (Wildman–Crippen LogP) is 3.85. The van der Waals surface area contributed by atoms with Crippen molar-refractivity contribution in [2.45, 2.75) is 39.3 Å². The van der Waals surface area contributed by atoms with E-state index in [1.165, 1.54) is 16.8 Å². The van der Waals surface area contributed by atoms with Crippen molar-refractivity contribution in [1.29, 1.82) is 0 Å². The number of para-hydroxylation sites is 1. The summed E-state index contributed by atoms with van der Waals surface area (Å²) in [6.07, 6.45) is 4.16. The Bertz CT molecular complexity index is 609. The summed E-state index contributed by atoms with van der Waals surface area (Å²) in [5.41, 5.74) is 4.15. The van der Waals surface area contributed by atoms with Crippen molar-refractivity contribution >= 4 is 11.5 Å². The molecule has 3 rings (SSSR count). The molecule has 3 nitrogen and oxygen atoms in total. The third-order valence-corrected chi connectivity index (χ3v) is 4.08. The molecule has 0 aliphatic carbocycles. The van der Waals surface area contributed by atoms with Crippen LogP contribution in [-0.2, 0) is 13.0 Å². The molecule has 1 aromatic carbocycles. The van der Waals surface area contributed by atoms with Crippen LogP contribution in [0.25, 0.3) is 0 Å². The van der Waals surface area contributed by atoms with Gasteiger partial charge in [-0.25, -0.2) is 4.98 Å². The summed E-state index contributed by atoms with van der Waals surface area (Å²) in [5, 5.41) is 3.36.